The molecule has 0 unspecified atom stereocenters. The van der Waals surface area contributed by atoms with E-state index < -0.39 is 0 Å². The van der Waals surface area contributed by atoms with Gasteiger partial charge in [0.2, 0.25) is 11.7 Å². The van der Waals surface area contributed by atoms with Gasteiger partial charge in [0.1, 0.15) is 11.2 Å². The molecule has 9 heteroatoms. The van der Waals surface area contributed by atoms with Crippen LogP contribution < -0.4 is 10.3 Å². The number of ether oxygens (including phenoxy) is 1. The molecule has 0 N–H and O–H groups in total. The third-order valence-corrected chi connectivity index (χ3v) is 6.70. The molecule has 1 aliphatic carbocycles. The van der Waals surface area contributed by atoms with Gasteiger partial charge in [0.25, 0.3) is 5.56 Å². The topological polar surface area (TPSA) is 87.2 Å². The van der Waals surface area contributed by atoms with Crippen LogP contribution in [0, 0.1) is 0 Å². The van der Waals surface area contributed by atoms with E-state index in [2.05, 4.69) is 20.2 Å². The zero-order valence-corrected chi connectivity index (χ0v) is 16.4. The van der Waals surface area contributed by atoms with E-state index in [0.717, 1.165) is 28.6 Å². The largest absolute Gasteiger partial charge is 0.469 e. The number of para-hydroxylation sites is 1. The number of fused-ring (bicyclic) bond motifs is 6. The molecule has 6 rings (SSSR count). The fourth-order valence-electron chi connectivity index (χ4n) is 4.13. The fourth-order valence-corrected chi connectivity index (χ4v) is 5.35. The second-order valence-electron chi connectivity index (χ2n) is 7.14. The molecule has 0 saturated heterocycles. The van der Waals surface area contributed by atoms with Crippen molar-refractivity contribution >= 4 is 38.2 Å². The average molecular weight is 404 g/mol. The molecule has 0 atom stereocenters. The molecule has 0 bridgehead atoms. The lowest BCUT2D eigenvalue weighted by Gasteiger charge is -2.09. The third-order valence-electron chi connectivity index (χ3n) is 5.50. The second-order valence-corrected chi connectivity index (χ2v) is 8.22. The Kier molecular flexibility index (Phi) is 3.48. The number of benzene rings is 1. The SMILES string of the molecule is Cn1c(=O)c2ccccc2n2c(COc3ncnc4sc5c(c34)CCC5)nnc12. The lowest BCUT2D eigenvalue weighted by atomic mass is 10.2. The van der Waals surface area contributed by atoms with Crippen LogP contribution in [0.5, 0.6) is 5.88 Å². The van der Waals surface area contributed by atoms with Crippen molar-refractivity contribution in [2.24, 2.45) is 7.05 Å². The maximum absolute atomic E-state index is 12.6. The first-order valence-corrected chi connectivity index (χ1v) is 10.2. The summed E-state index contributed by atoms with van der Waals surface area (Å²) in [7, 11) is 1.70. The normalized spacial score (nSPS) is 13.6. The van der Waals surface area contributed by atoms with Gasteiger partial charge in [0.05, 0.1) is 16.3 Å². The van der Waals surface area contributed by atoms with Gasteiger partial charge >= 0.3 is 0 Å². The molecular weight excluding hydrogens is 388 g/mol. The molecule has 29 heavy (non-hydrogen) atoms. The van der Waals surface area contributed by atoms with Gasteiger partial charge in [0.15, 0.2) is 12.4 Å². The molecule has 8 nitrogen and oxygen atoms in total. The van der Waals surface area contributed by atoms with Crippen molar-refractivity contribution in [3.05, 3.63) is 57.2 Å². The number of nitrogens with zero attached hydrogens (tertiary/aromatic N) is 6. The van der Waals surface area contributed by atoms with E-state index in [1.165, 1.54) is 21.4 Å². The Labute approximate surface area is 168 Å². The predicted molar refractivity (Wildman–Crippen MR) is 110 cm³/mol. The number of hydrogen-bond donors (Lipinski definition) is 0. The summed E-state index contributed by atoms with van der Waals surface area (Å²) in [6.45, 7) is 0.195. The van der Waals surface area contributed by atoms with Crippen LogP contribution in [-0.4, -0.2) is 29.1 Å². The zero-order chi connectivity index (χ0) is 19.5. The number of thiophene rings is 1. The first kappa shape index (κ1) is 16.6. The van der Waals surface area contributed by atoms with Crippen molar-refractivity contribution in [3.8, 4) is 5.88 Å². The first-order chi connectivity index (χ1) is 14.2. The van der Waals surface area contributed by atoms with Crippen molar-refractivity contribution < 1.29 is 4.74 Å². The molecule has 4 aromatic heterocycles. The fraction of sp³-hybridized carbons (Fsp3) is 0.250. The highest BCUT2D eigenvalue weighted by Crippen LogP contribution is 2.39. The van der Waals surface area contributed by atoms with Crippen molar-refractivity contribution in [1.29, 1.82) is 0 Å². The number of rotatable bonds is 3. The number of hydrogen-bond acceptors (Lipinski definition) is 7. The van der Waals surface area contributed by atoms with Crippen LogP contribution >= 0.6 is 11.3 Å². The Morgan fingerprint density at radius 1 is 1.17 bits per heavy atom. The van der Waals surface area contributed by atoms with E-state index in [0.29, 0.717) is 22.9 Å². The van der Waals surface area contributed by atoms with E-state index in [9.17, 15) is 4.79 Å². The summed E-state index contributed by atoms with van der Waals surface area (Å²) in [5.41, 5.74) is 1.98. The minimum absolute atomic E-state index is 0.0979. The van der Waals surface area contributed by atoms with Crippen LogP contribution in [0.25, 0.3) is 26.9 Å². The molecule has 4 heterocycles. The van der Waals surface area contributed by atoms with Gasteiger partial charge in [-0.15, -0.1) is 21.5 Å². The number of aromatic nitrogens is 6. The Bertz CT molecular complexity index is 1480. The van der Waals surface area contributed by atoms with Gasteiger partial charge in [-0.3, -0.25) is 13.8 Å². The van der Waals surface area contributed by atoms with Gasteiger partial charge in [-0.2, -0.15) is 0 Å². The van der Waals surface area contributed by atoms with Gasteiger partial charge in [0, 0.05) is 11.9 Å². The van der Waals surface area contributed by atoms with Crippen molar-refractivity contribution in [2.45, 2.75) is 25.9 Å². The average Bonchev–Trinajstić information content (AvgIpc) is 3.44. The maximum atomic E-state index is 12.6. The smallest absolute Gasteiger partial charge is 0.262 e. The monoisotopic (exact) mass is 404 g/mol. The zero-order valence-electron chi connectivity index (χ0n) is 15.6. The molecule has 144 valence electrons. The summed E-state index contributed by atoms with van der Waals surface area (Å²) in [4.78, 5) is 23.8. The Morgan fingerprint density at radius 3 is 3.00 bits per heavy atom. The molecule has 1 aliphatic rings. The van der Waals surface area contributed by atoms with Crippen LogP contribution in [-0.2, 0) is 26.5 Å². The van der Waals surface area contributed by atoms with E-state index in [4.69, 9.17) is 4.74 Å². The molecule has 0 aliphatic heterocycles. The molecule has 0 spiro atoms. The predicted octanol–water partition coefficient (Wildman–Crippen LogP) is 2.65. The van der Waals surface area contributed by atoms with E-state index in [-0.39, 0.29) is 12.2 Å². The van der Waals surface area contributed by atoms with Crippen molar-refractivity contribution in [1.82, 2.24) is 29.1 Å². The molecule has 1 aromatic carbocycles. The van der Waals surface area contributed by atoms with Crippen LogP contribution in [0.15, 0.2) is 35.4 Å². The van der Waals surface area contributed by atoms with E-state index in [1.807, 2.05) is 28.7 Å². The van der Waals surface area contributed by atoms with Crippen LogP contribution in [0.1, 0.15) is 22.7 Å². The van der Waals surface area contributed by atoms with Gasteiger partial charge in [-0.1, -0.05) is 12.1 Å². The summed E-state index contributed by atoms with van der Waals surface area (Å²) in [5, 5.41) is 10.1. The lowest BCUT2D eigenvalue weighted by molar-refractivity contribution is 0.286. The molecule has 0 fully saturated rings. The van der Waals surface area contributed by atoms with Crippen LogP contribution in [0.3, 0.4) is 0 Å². The molecule has 0 amide bonds. The van der Waals surface area contributed by atoms with E-state index in [1.54, 1.807) is 24.7 Å². The Balaban J connectivity index is 1.47. The van der Waals surface area contributed by atoms with E-state index >= 15 is 0 Å². The highest BCUT2D eigenvalue weighted by molar-refractivity contribution is 7.18. The Hall–Kier alpha value is -3.33. The highest BCUT2D eigenvalue weighted by Gasteiger charge is 2.22. The Morgan fingerprint density at radius 2 is 2.07 bits per heavy atom. The van der Waals surface area contributed by atoms with Crippen molar-refractivity contribution in [2.75, 3.05) is 0 Å². The lowest BCUT2D eigenvalue weighted by Crippen LogP contribution is -2.20. The first-order valence-electron chi connectivity index (χ1n) is 9.42. The molecule has 5 aromatic rings. The molecule has 0 radical (unpaired) electrons. The van der Waals surface area contributed by atoms with Crippen LogP contribution in [0.2, 0.25) is 0 Å². The number of aryl methyl sites for hydroxylation is 3. The summed E-state index contributed by atoms with van der Waals surface area (Å²) < 4.78 is 9.49. The highest BCUT2D eigenvalue weighted by atomic mass is 32.1. The molecular formula is C20H16N6O2S. The minimum atomic E-state index is -0.0979. The summed E-state index contributed by atoms with van der Waals surface area (Å²) in [6, 6.07) is 7.45. The summed E-state index contributed by atoms with van der Waals surface area (Å²) >= 11 is 1.73. The van der Waals surface area contributed by atoms with Crippen LogP contribution in [0.4, 0.5) is 0 Å². The summed E-state index contributed by atoms with van der Waals surface area (Å²) in [5.74, 6) is 1.68. The minimum Gasteiger partial charge on any atom is -0.469 e. The summed E-state index contributed by atoms with van der Waals surface area (Å²) in [6.07, 6.45) is 4.86. The van der Waals surface area contributed by atoms with Crippen molar-refractivity contribution in [3.63, 3.8) is 0 Å². The standard InChI is InChI=1S/C20H16N6O2S/c1-25-19(27)11-5-2-3-7-13(11)26-15(23-24-20(25)26)9-28-17-16-12-6-4-8-14(12)29-18(16)22-10-21-17/h2-3,5,7,10H,4,6,8-9H2,1H3. The van der Waals surface area contributed by atoms with Gasteiger partial charge in [-0.25, -0.2) is 9.97 Å². The van der Waals surface area contributed by atoms with Gasteiger partial charge < -0.3 is 4.74 Å². The molecule has 0 saturated carbocycles. The quantitative estimate of drug-likeness (QED) is 0.459. The third kappa shape index (κ3) is 2.34. The maximum Gasteiger partial charge on any atom is 0.262 e. The second kappa shape index (κ2) is 6.08. The van der Waals surface area contributed by atoms with Gasteiger partial charge in [-0.05, 0) is 37.0 Å².